The molecule has 25 heavy (non-hydrogen) atoms. The van der Waals surface area contributed by atoms with Crippen LogP contribution in [-0.4, -0.2) is 36.0 Å². The first-order chi connectivity index (χ1) is 12.0. The fraction of sp³-hybridized carbons (Fsp3) is 0.913. The summed E-state index contributed by atoms with van der Waals surface area (Å²) in [5, 5.41) is 1.02. The largest absolute Gasteiger partial charge is 0.306 e. The van der Waals surface area contributed by atoms with Gasteiger partial charge in [0.15, 0.2) is 0 Å². The molecule has 2 aliphatic heterocycles. The van der Waals surface area contributed by atoms with Crippen molar-refractivity contribution in [1.82, 2.24) is 4.90 Å². The summed E-state index contributed by atoms with van der Waals surface area (Å²) < 4.78 is 0. The number of allylic oxidation sites excluding steroid dienone is 1. The van der Waals surface area contributed by atoms with Crippen molar-refractivity contribution in [1.29, 1.82) is 0 Å². The second kappa shape index (κ2) is 6.30. The molecular formula is C23H37NS. The van der Waals surface area contributed by atoms with E-state index in [1.54, 1.807) is 12.0 Å². The molecule has 140 valence electrons. The molecule has 0 radical (unpaired) electrons. The van der Waals surface area contributed by atoms with Crippen molar-refractivity contribution in [2.45, 2.75) is 51.2 Å². The van der Waals surface area contributed by atoms with E-state index < -0.39 is 0 Å². The van der Waals surface area contributed by atoms with Crippen molar-refractivity contribution in [2.75, 3.05) is 25.9 Å². The molecular weight excluding hydrogens is 322 g/mol. The van der Waals surface area contributed by atoms with Gasteiger partial charge in [-0.2, -0.15) is 11.8 Å². The lowest BCUT2D eigenvalue weighted by Gasteiger charge is -2.47. The van der Waals surface area contributed by atoms with Crippen LogP contribution in [0.1, 0.15) is 46.0 Å². The molecule has 0 bridgehead atoms. The van der Waals surface area contributed by atoms with Crippen LogP contribution in [-0.2, 0) is 0 Å². The number of hydrogen-bond acceptors (Lipinski definition) is 2. The third-order valence-electron chi connectivity index (χ3n) is 8.83. The Labute approximate surface area is 159 Å². The van der Waals surface area contributed by atoms with Gasteiger partial charge in [-0.25, -0.2) is 0 Å². The van der Waals surface area contributed by atoms with E-state index in [9.17, 15) is 0 Å². The molecule has 5 rings (SSSR count). The maximum absolute atomic E-state index is 4.38. The summed E-state index contributed by atoms with van der Waals surface area (Å²) in [6.07, 6.45) is 7.44. The highest BCUT2D eigenvalue weighted by molar-refractivity contribution is 8.06. The molecule has 2 heterocycles. The molecule has 0 amide bonds. The van der Waals surface area contributed by atoms with E-state index in [1.807, 2.05) is 0 Å². The molecule has 2 saturated heterocycles. The van der Waals surface area contributed by atoms with E-state index in [-0.39, 0.29) is 0 Å². The molecule has 0 aromatic rings. The highest BCUT2D eigenvalue weighted by Gasteiger charge is 2.57. The SMILES string of the molecule is C=C1CC1C1C(C)C(CCC2CS2)C(C)CC1C1CC1C1CN(C)C1. The van der Waals surface area contributed by atoms with E-state index in [1.165, 1.54) is 44.5 Å². The average Bonchev–Trinajstić information content (AvgIpc) is 3.37. The van der Waals surface area contributed by atoms with Gasteiger partial charge in [0.2, 0.25) is 0 Å². The van der Waals surface area contributed by atoms with Gasteiger partial charge in [-0.05, 0) is 92.4 Å². The van der Waals surface area contributed by atoms with Gasteiger partial charge in [-0.15, -0.1) is 0 Å². The Morgan fingerprint density at radius 2 is 1.80 bits per heavy atom. The van der Waals surface area contributed by atoms with Crippen molar-refractivity contribution in [3.63, 3.8) is 0 Å². The number of likely N-dealkylation sites (tertiary alicyclic amines) is 1. The van der Waals surface area contributed by atoms with E-state index in [2.05, 4.69) is 44.1 Å². The molecule has 3 aliphatic carbocycles. The van der Waals surface area contributed by atoms with Crippen LogP contribution in [0, 0.1) is 53.3 Å². The van der Waals surface area contributed by atoms with E-state index in [4.69, 9.17) is 0 Å². The highest BCUT2D eigenvalue weighted by Crippen LogP contribution is 2.63. The van der Waals surface area contributed by atoms with Crippen molar-refractivity contribution >= 4 is 11.8 Å². The normalized spacial score (nSPS) is 52.8. The maximum atomic E-state index is 4.38. The molecule has 0 aromatic heterocycles. The van der Waals surface area contributed by atoms with Crippen LogP contribution in [0.25, 0.3) is 0 Å². The minimum absolute atomic E-state index is 0.899. The lowest BCUT2D eigenvalue weighted by atomic mass is 9.58. The Morgan fingerprint density at radius 3 is 2.40 bits per heavy atom. The molecule has 0 N–H and O–H groups in total. The van der Waals surface area contributed by atoms with Crippen LogP contribution in [0.5, 0.6) is 0 Å². The van der Waals surface area contributed by atoms with Crippen LogP contribution in [0.4, 0.5) is 0 Å². The summed E-state index contributed by atoms with van der Waals surface area (Å²) in [4.78, 5) is 2.51. The summed E-state index contributed by atoms with van der Waals surface area (Å²) in [6.45, 7) is 12.4. The Morgan fingerprint density at radius 1 is 1.08 bits per heavy atom. The predicted octanol–water partition coefficient (Wildman–Crippen LogP) is 5.18. The van der Waals surface area contributed by atoms with Crippen molar-refractivity contribution in [2.24, 2.45) is 53.3 Å². The van der Waals surface area contributed by atoms with Gasteiger partial charge in [0.1, 0.15) is 0 Å². The molecule has 1 nitrogen and oxygen atoms in total. The zero-order valence-electron chi connectivity index (χ0n) is 16.5. The molecule has 0 spiro atoms. The topological polar surface area (TPSA) is 3.24 Å². The summed E-state index contributed by atoms with van der Waals surface area (Å²) in [5.41, 5.74) is 1.59. The summed E-state index contributed by atoms with van der Waals surface area (Å²) in [7, 11) is 2.29. The molecule has 0 aromatic carbocycles. The van der Waals surface area contributed by atoms with Gasteiger partial charge in [0.05, 0.1) is 0 Å². The summed E-state index contributed by atoms with van der Waals surface area (Å²) >= 11 is 2.19. The van der Waals surface area contributed by atoms with E-state index in [0.29, 0.717) is 0 Å². The smallest absolute Gasteiger partial charge is 0.0138 e. The Bertz CT molecular complexity index is 534. The Balaban J connectivity index is 1.28. The molecule has 5 fully saturated rings. The van der Waals surface area contributed by atoms with Crippen molar-refractivity contribution in [3.8, 4) is 0 Å². The number of thioether (sulfide) groups is 1. The predicted molar refractivity (Wildman–Crippen MR) is 109 cm³/mol. The van der Waals surface area contributed by atoms with Crippen LogP contribution >= 0.6 is 11.8 Å². The van der Waals surface area contributed by atoms with Crippen molar-refractivity contribution in [3.05, 3.63) is 12.2 Å². The van der Waals surface area contributed by atoms with Gasteiger partial charge >= 0.3 is 0 Å². The highest BCUT2D eigenvalue weighted by atomic mass is 32.2. The van der Waals surface area contributed by atoms with Gasteiger partial charge in [0.25, 0.3) is 0 Å². The second-order valence-corrected chi connectivity index (χ2v) is 11.9. The van der Waals surface area contributed by atoms with Gasteiger partial charge < -0.3 is 4.90 Å². The molecule has 9 unspecified atom stereocenters. The zero-order valence-corrected chi connectivity index (χ0v) is 17.3. The summed E-state index contributed by atoms with van der Waals surface area (Å²) in [6, 6.07) is 0. The molecule has 9 atom stereocenters. The lowest BCUT2D eigenvalue weighted by Crippen LogP contribution is -2.46. The minimum Gasteiger partial charge on any atom is -0.306 e. The van der Waals surface area contributed by atoms with Crippen LogP contribution in [0.2, 0.25) is 0 Å². The second-order valence-electron chi connectivity index (χ2n) is 10.5. The van der Waals surface area contributed by atoms with Crippen LogP contribution in [0.15, 0.2) is 12.2 Å². The average molecular weight is 360 g/mol. The van der Waals surface area contributed by atoms with Gasteiger partial charge in [0, 0.05) is 24.1 Å². The lowest BCUT2D eigenvalue weighted by molar-refractivity contribution is 0.0175. The molecule has 2 heteroatoms. The fourth-order valence-electron chi connectivity index (χ4n) is 7.16. The first-order valence-electron chi connectivity index (χ1n) is 11.0. The number of nitrogens with zero attached hydrogens (tertiary/aromatic N) is 1. The standard InChI is InChI=1S/C23H37NS/c1-13-8-22(21-9-20(21)16-10-24(4)11-16)23(19-7-14(19)2)15(3)18(13)6-5-17-12-25-17/h13,15-23H,2,5-12H2,1,3-4H3. The first kappa shape index (κ1) is 17.2. The molecule has 3 saturated carbocycles. The molecule has 5 aliphatic rings. The Hall–Kier alpha value is 0.0500. The number of hydrogen-bond donors (Lipinski definition) is 0. The third-order valence-corrected chi connectivity index (χ3v) is 9.87. The van der Waals surface area contributed by atoms with E-state index in [0.717, 1.165) is 58.5 Å². The summed E-state index contributed by atoms with van der Waals surface area (Å²) in [5.74, 6) is 10.4. The Kier molecular flexibility index (Phi) is 4.32. The van der Waals surface area contributed by atoms with E-state index >= 15 is 0 Å². The first-order valence-corrected chi connectivity index (χ1v) is 12.1. The number of rotatable bonds is 6. The quantitative estimate of drug-likeness (QED) is 0.475. The third kappa shape index (κ3) is 3.24. The van der Waals surface area contributed by atoms with Crippen LogP contribution in [0.3, 0.4) is 0 Å². The van der Waals surface area contributed by atoms with Crippen LogP contribution < -0.4 is 0 Å². The minimum atomic E-state index is 0.899. The van der Waals surface area contributed by atoms with Gasteiger partial charge in [-0.3, -0.25) is 0 Å². The van der Waals surface area contributed by atoms with Crippen molar-refractivity contribution < 1.29 is 0 Å². The monoisotopic (exact) mass is 359 g/mol. The zero-order chi connectivity index (χ0) is 17.3. The fourth-order valence-corrected chi connectivity index (χ4v) is 7.77. The maximum Gasteiger partial charge on any atom is 0.0138 e. The van der Waals surface area contributed by atoms with Gasteiger partial charge in [-0.1, -0.05) is 26.0 Å².